The minimum atomic E-state index is -4.75. The highest BCUT2D eigenvalue weighted by molar-refractivity contribution is 7.15. The number of benzene rings is 1. The van der Waals surface area contributed by atoms with Gasteiger partial charge in [0, 0.05) is 11.1 Å². The molecule has 0 unspecified atom stereocenters. The number of aliphatic carboxylic acids is 1. The Morgan fingerprint density at radius 1 is 1.23 bits per heavy atom. The van der Waals surface area contributed by atoms with Gasteiger partial charge in [0.25, 0.3) is 5.91 Å². The number of alkyl halides is 4. The molecule has 2 aromatic heterocycles. The molecule has 6 nitrogen and oxygen atoms in total. The fourth-order valence-electron chi connectivity index (χ4n) is 2.93. The summed E-state index contributed by atoms with van der Waals surface area (Å²) in [5.41, 5.74) is -0.0648. The van der Waals surface area contributed by atoms with Crippen molar-refractivity contribution >= 4 is 34.1 Å². The third-order valence-electron chi connectivity index (χ3n) is 4.23. The van der Waals surface area contributed by atoms with Crippen molar-refractivity contribution in [2.24, 2.45) is 0 Å². The summed E-state index contributed by atoms with van der Waals surface area (Å²) in [6, 6.07) is 4.13. The van der Waals surface area contributed by atoms with Crippen molar-refractivity contribution in [3.63, 3.8) is 0 Å². The van der Waals surface area contributed by atoms with E-state index in [-0.39, 0.29) is 27.0 Å². The lowest BCUT2D eigenvalue weighted by Gasteiger charge is -2.14. The first-order chi connectivity index (χ1) is 13.9. The lowest BCUT2D eigenvalue weighted by Crippen LogP contribution is -2.33. The van der Waals surface area contributed by atoms with Crippen molar-refractivity contribution < 1.29 is 46.5 Å². The van der Waals surface area contributed by atoms with Gasteiger partial charge in [-0.05, 0) is 36.8 Å². The maximum atomic E-state index is 14.5. The molecule has 2 N–H and O–H groups in total. The van der Waals surface area contributed by atoms with E-state index in [4.69, 9.17) is 5.11 Å². The number of phenols is 1. The maximum Gasteiger partial charge on any atom is 0.461 e. The summed E-state index contributed by atoms with van der Waals surface area (Å²) in [4.78, 5) is 23.9. The highest BCUT2D eigenvalue weighted by atomic mass is 32.1. The van der Waals surface area contributed by atoms with Gasteiger partial charge < -0.3 is 14.9 Å². The number of carboxylic acid groups (broad SMARTS) is 1. The number of nitrogens with zero attached hydrogens (tertiary/aromatic N) is 1. The number of thiophene rings is 1. The van der Waals surface area contributed by atoms with Crippen LogP contribution in [-0.2, 0) is 11.2 Å². The molecular weight excluding hydrogens is 437 g/mol. The van der Waals surface area contributed by atoms with Crippen LogP contribution in [-0.4, -0.2) is 39.2 Å². The number of rotatable bonds is 6. The lowest BCUT2D eigenvalue weighted by molar-refractivity contribution is -0.251. The number of fused-ring (bicyclic) bond motifs is 1. The largest absolute Gasteiger partial charge is 0.505 e. The predicted molar refractivity (Wildman–Crippen MR) is 95.3 cm³/mol. The first-order valence-corrected chi connectivity index (χ1v) is 8.98. The van der Waals surface area contributed by atoms with Crippen molar-refractivity contribution in [2.75, 3.05) is 0 Å². The molecular formula is C18H12F5NO5S. The van der Waals surface area contributed by atoms with Crippen LogP contribution >= 0.6 is 11.3 Å². The second-order valence-electron chi connectivity index (χ2n) is 6.15. The van der Waals surface area contributed by atoms with Gasteiger partial charge >= 0.3 is 18.5 Å². The van der Waals surface area contributed by atoms with Gasteiger partial charge in [-0.2, -0.15) is 17.6 Å². The van der Waals surface area contributed by atoms with Gasteiger partial charge in [-0.15, -0.1) is 0 Å². The zero-order valence-corrected chi connectivity index (χ0v) is 15.8. The van der Waals surface area contributed by atoms with Gasteiger partial charge in [0.15, 0.2) is 16.6 Å². The van der Waals surface area contributed by atoms with Crippen LogP contribution in [0.15, 0.2) is 24.3 Å². The summed E-state index contributed by atoms with van der Waals surface area (Å²) in [6.07, 6.45) is -9.48. The maximum absolute atomic E-state index is 14.5. The van der Waals surface area contributed by atoms with Crippen LogP contribution in [0.2, 0.25) is 0 Å². The molecule has 0 aliphatic rings. The molecule has 0 saturated heterocycles. The van der Waals surface area contributed by atoms with Gasteiger partial charge in [-0.25, -0.2) is 4.39 Å². The Kier molecular flexibility index (Phi) is 5.46. The molecule has 0 spiro atoms. The topological polar surface area (TPSA) is 88.8 Å². The van der Waals surface area contributed by atoms with Crippen LogP contribution in [0.25, 0.3) is 10.9 Å². The van der Waals surface area contributed by atoms with Crippen molar-refractivity contribution in [1.82, 2.24) is 4.57 Å². The Bertz CT molecular complexity index is 1150. The van der Waals surface area contributed by atoms with E-state index in [1.54, 1.807) is 0 Å². The van der Waals surface area contributed by atoms with Gasteiger partial charge in [-0.1, -0.05) is 11.3 Å². The second-order valence-corrected chi connectivity index (χ2v) is 7.20. The van der Waals surface area contributed by atoms with E-state index in [1.165, 1.54) is 13.0 Å². The van der Waals surface area contributed by atoms with Crippen LogP contribution < -0.4 is 4.74 Å². The fourth-order valence-corrected chi connectivity index (χ4v) is 3.75. The van der Waals surface area contributed by atoms with Gasteiger partial charge in [0.05, 0.1) is 16.8 Å². The van der Waals surface area contributed by atoms with E-state index in [1.807, 2.05) is 0 Å². The number of ether oxygens (including phenoxy) is 1. The first kappa shape index (κ1) is 21.6. The molecule has 160 valence electrons. The standard InChI is InChI=1S/C18H12F5NO5S/c1-7-8(6-12(26)27)14-9(2-3-10(25)15(14)19)24(7)16(28)11-4-5-13(30-11)29-18(22,23)17(20)21/h2-5,17,25H,6H2,1H3,(H,26,27). The van der Waals surface area contributed by atoms with Crippen molar-refractivity contribution in [3.05, 3.63) is 46.2 Å². The number of hydrogen-bond acceptors (Lipinski definition) is 5. The monoisotopic (exact) mass is 449 g/mol. The number of carbonyl (C=O) groups is 2. The van der Waals surface area contributed by atoms with E-state index in [0.29, 0.717) is 11.3 Å². The Morgan fingerprint density at radius 3 is 2.50 bits per heavy atom. The molecule has 0 bridgehead atoms. The molecule has 30 heavy (non-hydrogen) atoms. The van der Waals surface area contributed by atoms with Gasteiger partial charge in [-0.3, -0.25) is 14.2 Å². The van der Waals surface area contributed by atoms with E-state index in [9.17, 15) is 36.6 Å². The third kappa shape index (κ3) is 3.70. The van der Waals surface area contributed by atoms with Crippen LogP contribution in [0.5, 0.6) is 10.8 Å². The van der Waals surface area contributed by atoms with E-state index in [0.717, 1.165) is 22.8 Å². The van der Waals surface area contributed by atoms with E-state index >= 15 is 0 Å². The van der Waals surface area contributed by atoms with Crippen LogP contribution in [0.4, 0.5) is 22.0 Å². The molecule has 3 aromatic rings. The molecule has 12 heteroatoms. The lowest BCUT2D eigenvalue weighted by atomic mass is 10.1. The minimum absolute atomic E-state index is 0.0516. The third-order valence-corrected chi connectivity index (χ3v) is 5.18. The Morgan fingerprint density at radius 2 is 1.90 bits per heavy atom. The molecule has 0 saturated carbocycles. The quantitative estimate of drug-likeness (QED) is 0.545. The molecule has 0 aliphatic carbocycles. The average Bonchev–Trinajstić information content (AvgIpc) is 3.20. The van der Waals surface area contributed by atoms with E-state index < -0.39 is 47.5 Å². The molecule has 0 fully saturated rings. The zero-order valence-electron chi connectivity index (χ0n) is 15.0. The molecule has 0 aliphatic heterocycles. The highest BCUT2D eigenvalue weighted by Gasteiger charge is 2.44. The summed E-state index contributed by atoms with van der Waals surface area (Å²) >= 11 is 0.362. The summed E-state index contributed by atoms with van der Waals surface area (Å²) in [6.45, 7) is 1.35. The Balaban J connectivity index is 2.09. The highest BCUT2D eigenvalue weighted by Crippen LogP contribution is 2.36. The second kappa shape index (κ2) is 7.59. The molecule has 0 radical (unpaired) electrons. The number of halogens is 5. The number of carboxylic acids is 1. The van der Waals surface area contributed by atoms with E-state index in [2.05, 4.69) is 4.74 Å². The normalized spacial score (nSPS) is 12.0. The fraction of sp³-hybridized carbons (Fsp3) is 0.222. The Labute approximate surface area is 168 Å². The summed E-state index contributed by atoms with van der Waals surface area (Å²) in [5, 5.41) is 17.8. The summed E-state index contributed by atoms with van der Waals surface area (Å²) in [7, 11) is 0. The smallest absolute Gasteiger partial charge is 0.461 e. The average molecular weight is 449 g/mol. The van der Waals surface area contributed by atoms with Crippen molar-refractivity contribution in [1.29, 1.82) is 0 Å². The minimum Gasteiger partial charge on any atom is -0.505 e. The zero-order chi connectivity index (χ0) is 22.4. The molecule has 1 aromatic carbocycles. The van der Waals surface area contributed by atoms with Crippen molar-refractivity contribution in [3.8, 4) is 10.8 Å². The Hall–Kier alpha value is -3.15. The summed E-state index contributed by atoms with van der Waals surface area (Å²) < 4.78 is 70.1. The number of aromatic hydroxyl groups is 1. The number of phenolic OH excluding ortho intramolecular Hbond substituents is 1. The number of aromatic nitrogens is 1. The molecule has 0 amide bonds. The van der Waals surface area contributed by atoms with Gasteiger partial charge in [0.2, 0.25) is 0 Å². The van der Waals surface area contributed by atoms with Crippen LogP contribution in [0.1, 0.15) is 20.9 Å². The summed E-state index contributed by atoms with van der Waals surface area (Å²) in [5.74, 6) is -4.03. The number of hydrogen-bond donors (Lipinski definition) is 2. The number of carbonyl (C=O) groups excluding carboxylic acids is 1. The molecule has 2 heterocycles. The van der Waals surface area contributed by atoms with Gasteiger partial charge in [0.1, 0.15) is 0 Å². The predicted octanol–water partition coefficient (Wildman–Crippen LogP) is 4.41. The molecule has 0 atom stereocenters. The van der Waals surface area contributed by atoms with Crippen molar-refractivity contribution in [2.45, 2.75) is 25.9 Å². The SMILES string of the molecule is Cc1c(CC(=O)O)c2c(F)c(O)ccc2n1C(=O)c1ccc(OC(F)(F)C(F)F)s1. The van der Waals surface area contributed by atoms with Crippen LogP contribution in [0, 0.1) is 12.7 Å². The first-order valence-electron chi connectivity index (χ1n) is 8.16. The van der Waals surface area contributed by atoms with Crippen LogP contribution in [0.3, 0.4) is 0 Å². The molecule has 3 rings (SSSR count).